The van der Waals surface area contributed by atoms with E-state index in [0.29, 0.717) is 11.6 Å². The van der Waals surface area contributed by atoms with Crippen molar-refractivity contribution in [3.8, 4) is 6.07 Å². The Hall–Kier alpha value is -1.53. The Balaban J connectivity index is 2.72. The molecule has 1 aromatic rings. The van der Waals surface area contributed by atoms with E-state index in [0.717, 1.165) is 5.56 Å². The van der Waals surface area contributed by atoms with Crippen molar-refractivity contribution in [1.29, 1.82) is 5.26 Å². The summed E-state index contributed by atoms with van der Waals surface area (Å²) < 4.78 is 4.80. The predicted octanol–water partition coefficient (Wildman–Crippen LogP) is 2.90. The van der Waals surface area contributed by atoms with Crippen molar-refractivity contribution in [1.82, 2.24) is 0 Å². The van der Waals surface area contributed by atoms with Gasteiger partial charge in [-0.1, -0.05) is 23.7 Å². The van der Waals surface area contributed by atoms with Gasteiger partial charge in [0.2, 0.25) is 0 Å². The molecule has 0 radical (unpaired) electrons. The van der Waals surface area contributed by atoms with Crippen molar-refractivity contribution >= 4 is 17.6 Å². The highest BCUT2D eigenvalue weighted by atomic mass is 35.5. The van der Waals surface area contributed by atoms with Crippen molar-refractivity contribution in [3.05, 3.63) is 34.9 Å². The summed E-state index contributed by atoms with van der Waals surface area (Å²) in [7, 11) is 0. The second kappa shape index (κ2) is 6.14. The van der Waals surface area contributed by atoms with Crippen LogP contribution in [0.3, 0.4) is 0 Å². The number of nitriles is 1. The van der Waals surface area contributed by atoms with Gasteiger partial charge in [-0.05, 0) is 24.6 Å². The first-order valence-corrected chi connectivity index (χ1v) is 5.36. The maximum absolute atomic E-state index is 11.3. The molecule has 16 heavy (non-hydrogen) atoms. The van der Waals surface area contributed by atoms with Gasteiger partial charge in [-0.2, -0.15) is 5.26 Å². The Kier molecular flexibility index (Phi) is 4.81. The van der Waals surface area contributed by atoms with Crippen LogP contribution in [0, 0.1) is 11.3 Å². The minimum Gasteiger partial charge on any atom is -0.466 e. The van der Waals surface area contributed by atoms with Gasteiger partial charge in [0, 0.05) is 5.02 Å². The number of benzene rings is 1. The molecular weight excluding hydrogens is 226 g/mol. The number of rotatable bonds is 4. The average molecular weight is 238 g/mol. The van der Waals surface area contributed by atoms with Gasteiger partial charge in [0.25, 0.3) is 0 Å². The van der Waals surface area contributed by atoms with E-state index in [1.165, 1.54) is 0 Å². The first kappa shape index (κ1) is 12.5. The van der Waals surface area contributed by atoms with Gasteiger partial charge in [-0.3, -0.25) is 4.79 Å². The smallest absolute Gasteiger partial charge is 0.307 e. The molecule has 0 spiro atoms. The lowest BCUT2D eigenvalue weighted by Gasteiger charge is -2.08. The minimum absolute atomic E-state index is 0.0754. The molecule has 0 aliphatic carbocycles. The topological polar surface area (TPSA) is 50.1 Å². The molecule has 0 aliphatic heterocycles. The number of halogens is 1. The second-order valence-corrected chi connectivity index (χ2v) is 3.68. The molecule has 0 fully saturated rings. The van der Waals surface area contributed by atoms with E-state index in [1.54, 1.807) is 31.2 Å². The van der Waals surface area contributed by atoms with E-state index in [1.807, 2.05) is 0 Å². The number of hydrogen-bond donors (Lipinski definition) is 0. The molecule has 4 heteroatoms. The van der Waals surface area contributed by atoms with Gasteiger partial charge >= 0.3 is 5.97 Å². The lowest BCUT2D eigenvalue weighted by atomic mass is 9.97. The molecule has 0 aliphatic rings. The Labute approximate surface area is 99.6 Å². The van der Waals surface area contributed by atoms with Gasteiger partial charge in [0.1, 0.15) is 0 Å². The zero-order chi connectivity index (χ0) is 12.0. The van der Waals surface area contributed by atoms with Gasteiger partial charge in [-0.15, -0.1) is 0 Å². The lowest BCUT2D eigenvalue weighted by molar-refractivity contribution is -0.143. The summed E-state index contributed by atoms with van der Waals surface area (Å²) in [4.78, 5) is 11.3. The van der Waals surface area contributed by atoms with Crippen molar-refractivity contribution in [3.63, 3.8) is 0 Å². The standard InChI is InChI=1S/C12H12ClNO2/c1-2-16-12(15)7-10(8-14)9-3-5-11(13)6-4-9/h3-6,10H,2,7H2,1H3/t10-/m1/s1. The molecule has 0 amide bonds. The summed E-state index contributed by atoms with van der Waals surface area (Å²) in [6, 6.07) is 8.98. The van der Waals surface area contributed by atoms with Crippen LogP contribution in [-0.4, -0.2) is 12.6 Å². The van der Waals surface area contributed by atoms with E-state index >= 15 is 0 Å². The molecular formula is C12H12ClNO2. The summed E-state index contributed by atoms with van der Waals surface area (Å²) >= 11 is 5.74. The molecule has 1 aromatic carbocycles. The molecule has 1 rings (SSSR count). The number of hydrogen-bond acceptors (Lipinski definition) is 3. The van der Waals surface area contributed by atoms with Crippen LogP contribution in [0.1, 0.15) is 24.8 Å². The van der Waals surface area contributed by atoms with Crippen LogP contribution >= 0.6 is 11.6 Å². The first-order valence-electron chi connectivity index (χ1n) is 4.98. The molecule has 0 N–H and O–H groups in total. The number of carbonyl (C=O) groups excluding carboxylic acids is 1. The van der Waals surface area contributed by atoms with Crippen LogP contribution in [0.5, 0.6) is 0 Å². The summed E-state index contributed by atoms with van der Waals surface area (Å²) in [5, 5.41) is 9.58. The van der Waals surface area contributed by atoms with Gasteiger partial charge in [0.05, 0.1) is 25.0 Å². The van der Waals surface area contributed by atoms with E-state index in [-0.39, 0.29) is 12.4 Å². The fourth-order valence-electron chi connectivity index (χ4n) is 1.32. The number of esters is 1. The van der Waals surface area contributed by atoms with Crippen LogP contribution in [0.4, 0.5) is 0 Å². The Bertz CT molecular complexity index is 394. The molecule has 0 bridgehead atoms. The molecule has 0 aromatic heterocycles. The monoisotopic (exact) mass is 237 g/mol. The van der Waals surface area contributed by atoms with E-state index in [9.17, 15) is 4.79 Å². The highest BCUT2D eigenvalue weighted by Crippen LogP contribution is 2.21. The zero-order valence-electron chi connectivity index (χ0n) is 8.94. The van der Waals surface area contributed by atoms with Gasteiger partial charge in [0.15, 0.2) is 0 Å². The Morgan fingerprint density at radius 2 is 2.12 bits per heavy atom. The Morgan fingerprint density at radius 1 is 1.50 bits per heavy atom. The quantitative estimate of drug-likeness (QED) is 0.757. The normalized spacial score (nSPS) is 11.6. The maximum atomic E-state index is 11.3. The third kappa shape index (κ3) is 3.56. The van der Waals surface area contributed by atoms with Crippen LogP contribution in [-0.2, 0) is 9.53 Å². The highest BCUT2D eigenvalue weighted by molar-refractivity contribution is 6.30. The van der Waals surface area contributed by atoms with Gasteiger partial charge in [-0.25, -0.2) is 0 Å². The lowest BCUT2D eigenvalue weighted by Crippen LogP contribution is -2.09. The fraction of sp³-hybridized carbons (Fsp3) is 0.333. The van der Waals surface area contributed by atoms with Crippen LogP contribution < -0.4 is 0 Å². The predicted molar refractivity (Wildman–Crippen MR) is 61.1 cm³/mol. The number of nitrogens with zero attached hydrogens (tertiary/aromatic N) is 1. The third-order valence-corrected chi connectivity index (χ3v) is 2.36. The SMILES string of the molecule is CCOC(=O)C[C@H](C#N)c1ccc(Cl)cc1. The molecule has 0 saturated carbocycles. The summed E-state index contributed by atoms with van der Waals surface area (Å²) in [6.45, 7) is 2.07. The molecule has 0 saturated heterocycles. The Morgan fingerprint density at radius 3 is 2.62 bits per heavy atom. The van der Waals surface area contributed by atoms with Crippen LogP contribution in [0.15, 0.2) is 24.3 Å². The van der Waals surface area contributed by atoms with E-state index < -0.39 is 5.92 Å². The van der Waals surface area contributed by atoms with Gasteiger partial charge < -0.3 is 4.74 Å². The van der Waals surface area contributed by atoms with Crippen molar-refractivity contribution in [2.45, 2.75) is 19.3 Å². The highest BCUT2D eigenvalue weighted by Gasteiger charge is 2.15. The largest absolute Gasteiger partial charge is 0.466 e. The maximum Gasteiger partial charge on any atom is 0.307 e. The molecule has 1 atom stereocenters. The first-order chi connectivity index (χ1) is 7.67. The summed E-state index contributed by atoms with van der Waals surface area (Å²) in [5.41, 5.74) is 0.778. The summed E-state index contributed by atoms with van der Waals surface area (Å²) in [5.74, 6) is -0.833. The fourth-order valence-corrected chi connectivity index (χ4v) is 1.45. The van der Waals surface area contributed by atoms with E-state index in [2.05, 4.69) is 6.07 Å². The van der Waals surface area contributed by atoms with Crippen molar-refractivity contribution < 1.29 is 9.53 Å². The third-order valence-electron chi connectivity index (χ3n) is 2.10. The second-order valence-electron chi connectivity index (χ2n) is 3.24. The number of carbonyl (C=O) groups is 1. The van der Waals surface area contributed by atoms with E-state index in [4.69, 9.17) is 21.6 Å². The number of ether oxygens (including phenoxy) is 1. The van der Waals surface area contributed by atoms with Crippen LogP contribution in [0.2, 0.25) is 5.02 Å². The molecule has 84 valence electrons. The van der Waals surface area contributed by atoms with Crippen molar-refractivity contribution in [2.75, 3.05) is 6.61 Å². The van der Waals surface area contributed by atoms with Crippen molar-refractivity contribution in [2.24, 2.45) is 0 Å². The van der Waals surface area contributed by atoms with Crippen LogP contribution in [0.25, 0.3) is 0 Å². The minimum atomic E-state index is -0.476. The average Bonchev–Trinajstić information content (AvgIpc) is 2.27. The molecule has 0 heterocycles. The zero-order valence-corrected chi connectivity index (χ0v) is 9.70. The molecule has 3 nitrogen and oxygen atoms in total. The molecule has 0 unspecified atom stereocenters. The summed E-state index contributed by atoms with van der Waals surface area (Å²) in [6.07, 6.45) is 0.0754.